The van der Waals surface area contributed by atoms with Crippen LogP contribution in [0.2, 0.25) is 0 Å². The first-order valence-corrected chi connectivity index (χ1v) is 5.66. The number of hydrogen-bond donors (Lipinski definition) is 2. The standard InChI is InChI=1S/C12H18N2O3/c1-10(15)8-14-12(16)5-3-7-17-11-4-2-6-13-9-11/h2,4,6,9-10,15H,3,5,7-8H2,1H3,(H,14,16). The van der Waals surface area contributed by atoms with Crippen LogP contribution >= 0.6 is 0 Å². The van der Waals surface area contributed by atoms with E-state index in [9.17, 15) is 4.79 Å². The second-order valence-corrected chi connectivity index (χ2v) is 3.79. The number of nitrogens with one attached hydrogen (secondary N) is 1. The van der Waals surface area contributed by atoms with Crippen LogP contribution in [-0.4, -0.2) is 35.3 Å². The van der Waals surface area contributed by atoms with E-state index in [0.717, 1.165) is 0 Å². The van der Waals surface area contributed by atoms with E-state index in [1.54, 1.807) is 25.4 Å². The number of amides is 1. The van der Waals surface area contributed by atoms with Gasteiger partial charge in [-0.1, -0.05) is 0 Å². The molecular formula is C12H18N2O3. The van der Waals surface area contributed by atoms with E-state index >= 15 is 0 Å². The summed E-state index contributed by atoms with van der Waals surface area (Å²) in [5.41, 5.74) is 0. The average Bonchev–Trinajstić information content (AvgIpc) is 2.33. The Labute approximate surface area is 101 Å². The lowest BCUT2D eigenvalue weighted by atomic mass is 10.3. The Morgan fingerprint density at radius 1 is 1.65 bits per heavy atom. The number of hydrogen-bond acceptors (Lipinski definition) is 4. The molecule has 1 aromatic heterocycles. The highest BCUT2D eigenvalue weighted by Gasteiger charge is 2.02. The summed E-state index contributed by atoms with van der Waals surface area (Å²) in [6.07, 6.45) is 3.84. The molecule has 1 heterocycles. The molecule has 1 atom stereocenters. The largest absolute Gasteiger partial charge is 0.492 e. The lowest BCUT2D eigenvalue weighted by molar-refractivity contribution is -0.121. The molecule has 0 aliphatic carbocycles. The number of ether oxygens (including phenoxy) is 1. The Kier molecular flexibility index (Phi) is 6.03. The van der Waals surface area contributed by atoms with Crippen LogP contribution in [-0.2, 0) is 4.79 Å². The summed E-state index contributed by atoms with van der Waals surface area (Å²) in [6, 6.07) is 3.62. The summed E-state index contributed by atoms with van der Waals surface area (Å²) in [4.78, 5) is 15.2. The number of rotatable bonds is 7. The Morgan fingerprint density at radius 2 is 2.47 bits per heavy atom. The van der Waals surface area contributed by atoms with Crippen LogP contribution in [0.1, 0.15) is 19.8 Å². The van der Waals surface area contributed by atoms with Gasteiger partial charge in [0.25, 0.3) is 0 Å². The van der Waals surface area contributed by atoms with Gasteiger partial charge in [0.2, 0.25) is 5.91 Å². The quantitative estimate of drug-likeness (QED) is 0.687. The van der Waals surface area contributed by atoms with Gasteiger partial charge < -0.3 is 15.2 Å². The van der Waals surface area contributed by atoms with Crippen molar-refractivity contribution < 1.29 is 14.6 Å². The lowest BCUT2D eigenvalue weighted by Gasteiger charge is -2.07. The van der Waals surface area contributed by atoms with E-state index in [-0.39, 0.29) is 5.91 Å². The minimum absolute atomic E-state index is 0.0688. The number of aliphatic hydroxyl groups excluding tert-OH is 1. The molecule has 94 valence electrons. The van der Waals surface area contributed by atoms with Gasteiger partial charge >= 0.3 is 0 Å². The van der Waals surface area contributed by atoms with Gasteiger partial charge in [0.1, 0.15) is 5.75 Å². The van der Waals surface area contributed by atoms with Crippen molar-refractivity contribution in [1.82, 2.24) is 10.3 Å². The Morgan fingerprint density at radius 3 is 3.12 bits per heavy atom. The van der Waals surface area contributed by atoms with E-state index in [1.165, 1.54) is 0 Å². The normalized spacial score (nSPS) is 11.9. The molecule has 17 heavy (non-hydrogen) atoms. The molecule has 0 fully saturated rings. The number of aromatic nitrogens is 1. The van der Waals surface area contributed by atoms with E-state index in [1.807, 2.05) is 6.07 Å². The maximum absolute atomic E-state index is 11.3. The predicted molar refractivity (Wildman–Crippen MR) is 63.7 cm³/mol. The number of pyridine rings is 1. The van der Waals surface area contributed by atoms with Crippen LogP contribution in [0.5, 0.6) is 5.75 Å². The third-order valence-electron chi connectivity index (χ3n) is 2.05. The molecule has 0 saturated carbocycles. The predicted octanol–water partition coefficient (Wildman–Crippen LogP) is 0.738. The molecule has 0 saturated heterocycles. The molecule has 0 aromatic carbocycles. The summed E-state index contributed by atoms with van der Waals surface area (Å²) in [7, 11) is 0. The van der Waals surface area contributed by atoms with Gasteiger partial charge in [-0.05, 0) is 25.5 Å². The van der Waals surface area contributed by atoms with Crippen LogP contribution in [0.3, 0.4) is 0 Å². The number of aliphatic hydroxyl groups is 1. The first-order chi connectivity index (χ1) is 8.18. The van der Waals surface area contributed by atoms with Gasteiger partial charge in [0.15, 0.2) is 0 Å². The van der Waals surface area contributed by atoms with Gasteiger partial charge in [-0.2, -0.15) is 0 Å². The highest BCUT2D eigenvalue weighted by atomic mass is 16.5. The molecule has 1 rings (SSSR count). The monoisotopic (exact) mass is 238 g/mol. The molecule has 5 heteroatoms. The molecule has 1 unspecified atom stereocenters. The Balaban J connectivity index is 2.06. The molecule has 1 amide bonds. The van der Waals surface area contributed by atoms with E-state index < -0.39 is 6.10 Å². The van der Waals surface area contributed by atoms with Crippen LogP contribution in [0.25, 0.3) is 0 Å². The minimum atomic E-state index is -0.509. The van der Waals surface area contributed by atoms with Crippen molar-refractivity contribution in [3.05, 3.63) is 24.5 Å². The molecule has 0 bridgehead atoms. The smallest absolute Gasteiger partial charge is 0.220 e. The van der Waals surface area contributed by atoms with Crippen LogP contribution in [0.4, 0.5) is 0 Å². The molecule has 0 aliphatic heterocycles. The second kappa shape index (κ2) is 7.62. The zero-order chi connectivity index (χ0) is 12.5. The van der Waals surface area contributed by atoms with Gasteiger partial charge in [-0.3, -0.25) is 9.78 Å². The Hall–Kier alpha value is -1.62. The fourth-order valence-corrected chi connectivity index (χ4v) is 1.21. The van der Waals surface area contributed by atoms with Gasteiger partial charge in [-0.15, -0.1) is 0 Å². The first-order valence-electron chi connectivity index (χ1n) is 5.66. The molecule has 0 spiro atoms. The first kappa shape index (κ1) is 13.4. The summed E-state index contributed by atoms with van der Waals surface area (Å²) in [5.74, 6) is 0.637. The second-order valence-electron chi connectivity index (χ2n) is 3.79. The third-order valence-corrected chi connectivity index (χ3v) is 2.05. The van der Waals surface area contributed by atoms with Crippen LogP contribution in [0.15, 0.2) is 24.5 Å². The summed E-state index contributed by atoms with van der Waals surface area (Å²) in [5, 5.41) is 11.6. The fraction of sp³-hybridized carbons (Fsp3) is 0.500. The van der Waals surface area contributed by atoms with Gasteiger partial charge in [0.05, 0.1) is 18.9 Å². The summed E-state index contributed by atoms with van der Waals surface area (Å²) >= 11 is 0. The third kappa shape index (κ3) is 6.52. The van der Waals surface area contributed by atoms with Crippen molar-refractivity contribution in [3.63, 3.8) is 0 Å². The SMILES string of the molecule is CC(O)CNC(=O)CCCOc1cccnc1. The topological polar surface area (TPSA) is 71.5 Å². The van der Waals surface area contributed by atoms with Gasteiger partial charge in [-0.25, -0.2) is 0 Å². The maximum atomic E-state index is 11.3. The number of nitrogens with zero attached hydrogens (tertiary/aromatic N) is 1. The van der Waals surface area contributed by atoms with Gasteiger partial charge in [0, 0.05) is 19.2 Å². The van der Waals surface area contributed by atoms with E-state index in [2.05, 4.69) is 10.3 Å². The molecule has 1 aromatic rings. The minimum Gasteiger partial charge on any atom is -0.492 e. The molecule has 5 nitrogen and oxygen atoms in total. The lowest BCUT2D eigenvalue weighted by Crippen LogP contribution is -2.30. The van der Waals surface area contributed by atoms with Crippen molar-refractivity contribution in [2.45, 2.75) is 25.9 Å². The van der Waals surface area contributed by atoms with Crippen molar-refractivity contribution in [3.8, 4) is 5.75 Å². The fourth-order valence-electron chi connectivity index (χ4n) is 1.21. The highest BCUT2D eigenvalue weighted by Crippen LogP contribution is 2.06. The summed E-state index contributed by atoms with van der Waals surface area (Å²) < 4.78 is 5.39. The Bertz CT molecular complexity index is 328. The highest BCUT2D eigenvalue weighted by molar-refractivity contribution is 5.75. The summed E-state index contributed by atoms with van der Waals surface area (Å²) in [6.45, 7) is 2.40. The maximum Gasteiger partial charge on any atom is 0.220 e. The van der Waals surface area contributed by atoms with Crippen LogP contribution in [0, 0.1) is 0 Å². The average molecular weight is 238 g/mol. The van der Waals surface area contributed by atoms with Crippen molar-refractivity contribution in [2.75, 3.05) is 13.2 Å². The molecule has 2 N–H and O–H groups in total. The van der Waals surface area contributed by atoms with Crippen molar-refractivity contribution in [1.29, 1.82) is 0 Å². The molecule has 0 aliphatic rings. The van der Waals surface area contributed by atoms with Crippen LogP contribution < -0.4 is 10.1 Å². The molecular weight excluding hydrogens is 220 g/mol. The number of carbonyl (C=O) groups is 1. The zero-order valence-corrected chi connectivity index (χ0v) is 9.93. The zero-order valence-electron chi connectivity index (χ0n) is 9.93. The van der Waals surface area contributed by atoms with E-state index in [4.69, 9.17) is 9.84 Å². The van der Waals surface area contributed by atoms with E-state index in [0.29, 0.717) is 31.7 Å². The van der Waals surface area contributed by atoms with Crippen molar-refractivity contribution in [2.24, 2.45) is 0 Å². The van der Waals surface area contributed by atoms with Crippen molar-refractivity contribution >= 4 is 5.91 Å². The molecule has 0 radical (unpaired) electrons. The number of carbonyl (C=O) groups excluding carboxylic acids is 1.